The average Bonchev–Trinajstić information content (AvgIpc) is 2.53. The smallest absolute Gasteiger partial charge is 0.161 e. The van der Waals surface area contributed by atoms with Crippen molar-refractivity contribution in [3.8, 4) is 17.2 Å². The summed E-state index contributed by atoms with van der Waals surface area (Å²) in [5.74, 6) is 2.32. The zero-order valence-electron chi connectivity index (χ0n) is 12.4. The Kier molecular flexibility index (Phi) is 6.69. The van der Waals surface area contributed by atoms with Gasteiger partial charge in [-0.3, -0.25) is 0 Å². The van der Waals surface area contributed by atoms with Crippen LogP contribution >= 0.6 is 12.4 Å². The highest BCUT2D eigenvalue weighted by atomic mass is 35.5. The van der Waals surface area contributed by atoms with Crippen LogP contribution in [0.15, 0.2) is 42.5 Å². The summed E-state index contributed by atoms with van der Waals surface area (Å²) in [5, 5.41) is 3.35. The van der Waals surface area contributed by atoms with E-state index in [0.29, 0.717) is 6.54 Å². The van der Waals surface area contributed by atoms with Crippen LogP contribution in [0.25, 0.3) is 0 Å². The quantitative estimate of drug-likeness (QED) is 0.882. The average molecular weight is 310 g/mol. The molecule has 0 saturated carbocycles. The normalized spacial score (nSPS) is 9.48. The number of hydrogen-bond acceptors (Lipinski definition) is 4. The summed E-state index contributed by atoms with van der Waals surface area (Å²) in [7, 11) is 4.93. The first-order valence-electron chi connectivity index (χ1n) is 6.35. The van der Waals surface area contributed by atoms with Crippen molar-refractivity contribution in [1.82, 2.24) is 0 Å². The number of ether oxygens (including phenoxy) is 3. The maximum atomic E-state index is 5.29. The van der Waals surface area contributed by atoms with E-state index in [2.05, 4.69) is 5.32 Å². The van der Waals surface area contributed by atoms with Gasteiger partial charge < -0.3 is 19.5 Å². The molecule has 0 fully saturated rings. The zero-order valence-corrected chi connectivity index (χ0v) is 13.2. The van der Waals surface area contributed by atoms with E-state index >= 15 is 0 Å². The van der Waals surface area contributed by atoms with Crippen LogP contribution < -0.4 is 19.5 Å². The third-order valence-corrected chi connectivity index (χ3v) is 3.03. The number of anilines is 1. The minimum atomic E-state index is 0. The van der Waals surface area contributed by atoms with Crippen molar-refractivity contribution in [2.75, 3.05) is 26.6 Å². The molecular formula is C16H20ClNO3. The second kappa shape index (κ2) is 8.27. The fourth-order valence-electron chi connectivity index (χ4n) is 1.90. The zero-order chi connectivity index (χ0) is 14.4. The number of rotatable bonds is 6. The van der Waals surface area contributed by atoms with Crippen molar-refractivity contribution in [3.05, 3.63) is 48.0 Å². The highest BCUT2D eigenvalue weighted by molar-refractivity contribution is 5.85. The summed E-state index contributed by atoms with van der Waals surface area (Å²) in [6.07, 6.45) is 0. The molecule has 2 aromatic rings. The maximum Gasteiger partial charge on any atom is 0.161 e. The Labute approximate surface area is 131 Å². The van der Waals surface area contributed by atoms with Crippen LogP contribution in [-0.2, 0) is 6.54 Å². The van der Waals surface area contributed by atoms with Gasteiger partial charge >= 0.3 is 0 Å². The summed E-state index contributed by atoms with van der Waals surface area (Å²) in [6.45, 7) is 0.715. The van der Waals surface area contributed by atoms with Gasteiger partial charge in [0.1, 0.15) is 5.75 Å². The van der Waals surface area contributed by atoms with Crippen molar-refractivity contribution in [2.24, 2.45) is 0 Å². The van der Waals surface area contributed by atoms with Crippen LogP contribution in [0, 0.1) is 0 Å². The lowest BCUT2D eigenvalue weighted by Crippen LogP contribution is -2.00. The Morgan fingerprint density at radius 3 is 2.05 bits per heavy atom. The molecule has 0 radical (unpaired) electrons. The number of benzene rings is 2. The van der Waals surface area contributed by atoms with E-state index in [1.165, 1.54) is 0 Å². The predicted octanol–water partition coefficient (Wildman–Crippen LogP) is 3.75. The Morgan fingerprint density at radius 1 is 0.810 bits per heavy atom. The SMILES string of the molecule is COc1ccc(NCc2ccc(OC)c(OC)c2)cc1.Cl. The second-order valence-electron chi connectivity index (χ2n) is 4.27. The molecule has 0 spiro atoms. The van der Waals surface area contributed by atoms with E-state index in [-0.39, 0.29) is 12.4 Å². The molecule has 4 nitrogen and oxygen atoms in total. The maximum absolute atomic E-state index is 5.29. The highest BCUT2D eigenvalue weighted by Gasteiger charge is 2.04. The summed E-state index contributed by atoms with van der Waals surface area (Å²) in [5.41, 5.74) is 2.17. The van der Waals surface area contributed by atoms with Gasteiger partial charge in [-0.15, -0.1) is 12.4 Å². The monoisotopic (exact) mass is 309 g/mol. The molecule has 0 aliphatic heterocycles. The van der Waals surface area contributed by atoms with Crippen LogP contribution in [0.2, 0.25) is 0 Å². The van der Waals surface area contributed by atoms with E-state index in [1.807, 2.05) is 42.5 Å². The van der Waals surface area contributed by atoms with Crippen molar-refractivity contribution < 1.29 is 14.2 Å². The Morgan fingerprint density at radius 2 is 1.48 bits per heavy atom. The molecule has 0 aliphatic carbocycles. The Bertz CT molecular complexity index is 558. The van der Waals surface area contributed by atoms with Crippen molar-refractivity contribution in [2.45, 2.75) is 6.54 Å². The first-order valence-corrected chi connectivity index (χ1v) is 6.35. The third-order valence-electron chi connectivity index (χ3n) is 3.03. The largest absolute Gasteiger partial charge is 0.497 e. The molecule has 5 heteroatoms. The predicted molar refractivity (Wildman–Crippen MR) is 87.1 cm³/mol. The Hall–Kier alpha value is -2.07. The lowest BCUT2D eigenvalue weighted by Gasteiger charge is -2.11. The molecule has 0 aliphatic rings. The number of hydrogen-bond donors (Lipinski definition) is 1. The van der Waals surface area contributed by atoms with Gasteiger partial charge in [0.2, 0.25) is 0 Å². The molecule has 0 unspecified atom stereocenters. The van der Waals surface area contributed by atoms with Crippen LogP contribution in [-0.4, -0.2) is 21.3 Å². The first kappa shape index (κ1) is 17.0. The van der Waals surface area contributed by atoms with E-state index in [9.17, 15) is 0 Å². The van der Waals surface area contributed by atoms with Crippen LogP contribution in [0.5, 0.6) is 17.2 Å². The van der Waals surface area contributed by atoms with Crippen molar-refractivity contribution in [3.63, 3.8) is 0 Å². The van der Waals surface area contributed by atoms with E-state index in [4.69, 9.17) is 14.2 Å². The lowest BCUT2D eigenvalue weighted by molar-refractivity contribution is 0.354. The van der Waals surface area contributed by atoms with Gasteiger partial charge in [0.25, 0.3) is 0 Å². The Balaban J connectivity index is 0.00000220. The van der Waals surface area contributed by atoms with E-state index in [1.54, 1.807) is 21.3 Å². The summed E-state index contributed by atoms with van der Waals surface area (Å²) < 4.78 is 15.6. The minimum absolute atomic E-state index is 0. The van der Waals surface area contributed by atoms with Crippen molar-refractivity contribution in [1.29, 1.82) is 0 Å². The summed E-state index contributed by atoms with van der Waals surface area (Å²) in [4.78, 5) is 0. The third kappa shape index (κ3) is 4.46. The van der Waals surface area contributed by atoms with Crippen LogP contribution in [0.4, 0.5) is 5.69 Å². The molecule has 0 aromatic heterocycles. The van der Waals surface area contributed by atoms with Gasteiger partial charge in [0.05, 0.1) is 21.3 Å². The van der Waals surface area contributed by atoms with Gasteiger partial charge in [0, 0.05) is 12.2 Å². The summed E-state index contributed by atoms with van der Waals surface area (Å²) >= 11 is 0. The molecule has 2 aromatic carbocycles. The molecule has 1 N–H and O–H groups in total. The fourth-order valence-corrected chi connectivity index (χ4v) is 1.90. The molecule has 0 heterocycles. The van der Waals surface area contributed by atoms with Gasteiger partial charge in [-0.25, -0.2) is 0 Å². The molecule has 114 valence electrons. The molecule has 0 atom stereocenters. The van der Waals surface area contributed by atoms with Crippen LogP contribution in [0.3, 0.4) is 0 Å². The highest BCUT2D eigenvalue weighted by Crippen LogP contribution is 2.27. The minimum Gasteiger partial charge on any atom is -0.497 e. The molecule has 0 amide bonds. The van der Waals surface area contributed by atoms with Gasteiger partial charge in [-0.1, -0.05) is 6.07 Å². The molecule has 0 saturated heterocycles. The fraction of sp³-hybridized carbons (Fsp3) is 0.250. The molecule has 0 bridgehead atoms. The van der Waals surface area contributed by atoms with E-state index in [0.717, 1.165) is 28.5 Å². The second-order valence-corrected chi connectivity index (χ2v) is 4.27. The topological polar surface area (TPSA) is 39.7 Å². The number of nitrogens with one attached hydrogen (secondary N) is 1. The molecular weight excluding hydrogens is 290 g/mol. The lowest BCUT2D eigenvalue weighted by atomic mass is 10.2. The molecule has 21 heavy (non-hydrogen) atoms. The van der Waals surface area contributed by atoms with Gasteiger partial charge in [-0.2, -0.15) is 0 Å². The summed E-state index contributed by atoms with van der Waals surface area (Å²) in [6, 6.07) is 13.7. The van der Waals surface area contributed by atoms with Crippen LogP contribution in [0.1, 0.15) is 5.56 Å². The van der Waals surface area contributed by atoms with Gasteiger partial charge in [-0.05, 0) is 42.0 Å². The van der Waals surface area contributed by atoms with E-state index < -0.39 is 0 Å². The first-order chi connectivity index (χ1) is 9.76. The standard InChI is InChI=1S/C16H19NO3.ClH/c1-18-14-7-5-13(6-8-14)17-11-12-4-9-15(19-2)16(10-12)20-3;/h4-10,17H,11H2,1-3H3;1H. The van der Waals surface area contributed by atoms with Crippen molar-refractivity contribution >= 4 is 18.1 Å². The number of halogens is 1. The molecule has 2 rings (SSSR count). The van der Waals surface area contributed by atoms with Gasteiger partial charge in [0.15, 0.2) is 11.5 Å². The number of methoxy groups -OCH3 is 3.